The van der Waals surface area contributed by atoms with Crippen molar-refractivity contribution in [2.45, 2.75) is 19.6 Å². The number of benzene rings is 1. The van der Waals surface area contributed by atoms with Crippen LogP contribution in [0.25, 0.3) is 17.0 Å². The highest BCUT2D eigenvalue weighted by Gasteiger charge is 2.22. The van der Waals surface area contributed by atoms with Crippen molar-refractivity contribution in [1.29, 1.82) is 0 Å². The molecule has 4 heterocycles. The number of fused-ring (bicyclic) bond motifs is 2. The zero-order chi connectivity index (χ0) is 20.5. The molecular formula is C21H19N7O2. The molecule has 1 aromatic carbocycles. The zero-order valence-electron chi connectivity index (χ0n) is 16.1. The van der Waals surface area contributed by atoms with Gasteiger partial charge in [0.2, 0.25) is 0 Å². The number of rotatable bonds is 5. The van der Waals surface area contributed by atoms with Crippen molar-refractivity contribution in [2.75, 3.05) is 11.9 Å². The summed E-state index contributed by atoms with van der Waals surface area (Å²) in [6.45, 7) is 1.69. The van der Waals surface area contributed by atoms with Gasteiger partial charge >= 0.3 is 0 Å². The number of carbonyl (C=O) groups is 1. The maximum absolute atomic E-state index is 11.7. The maximum Gasteiger partial charge on any atom is 0.267 e. The lowest BCUT2D eigenvalue weighted by atomic mass is 10.1. The minimum absolute atomic E-state index is 0.250. The summed E-state index contributed by atoms with van der Waals surface area (Å²) < 4.78 is 7.05. The monoisotopic (exact) mass is 401 g/mol. The molecular weight excluding hydrogens is 382 g/mol. The lowest BCUT2D eigenvalue weighted by Gasteiger charge is -2.20. The lowest BCUT2D eigenvalue weighted by Crippen LogP contribution is -2.17. The topological polar surface area (TPSA) is 120 Å². The molecule has 30 heavy (non-hydrogen) atoms. The number of primary amides is 1. The molecule has 0 aliphatic carbocycles. The van der Waals surface area contributed by atoms with Gasteiger partial charge in [-0.15, -0.1) is 5.10 Å². The predicted molar refractivity (Wildman–Crippen MR) is 110 cm³/mol. The maximum atomic E-state index is 11.7. The Bertz CT molecular complexity index is 1240. The van der Waals surface area contributed by atoms with Gasteiger partial charge in [-0.25, -0.2) is 14.5 Å². The normalized spacial score (nSPS) is 13.2. The fourth-order valence-corrected chi connectivity index (χ4v) is 3.53. The van der Waals surface area contributed by atoms with Gasteiger partial charge in [0.25, 0.3) is 5.91 Å². The van der Waals surface area contributed by atoms with Gasteiger partial charge in [-0.1, -0.05) is 41.6 Å². The predicted octanol–water partition coefficient (Wildman–Crippen LogP) is 1.97. The van der Waals surface area contributed by atoms with Crippen molar-refractivity contribution in [3.8, 4) is 11.5 Å². The van der Waals surface area contributed by atoms with Crippen LogP contribution in [0.5, 0.6) is 0 Å². The second-order valence-corrected chi connectivity index (χ2v) is 6.97. The zero-order valence-corrected chi connectivity index (χ0v) is 16.1. The molecule has 9 nitrogen and oxygen atoms in total. The van der Waals surface area contributed by atoms with Gasteiger partial charge in [-0.05, 0) is 17.7 Å². The smallest absolute Gasteiger partial charge is 0.267 e. The minimum atomic E-state index is -0.578. The van der Waals surface area contributed by atoms with E-state index in [2.05, 4.69) is 27.8 Å². The van der Waals surface area contributed by atoms with Crippen LogP contribution in [0.2, 0.25) is 0 Å². The first-order valence-electron chi connectivity index (χ1n) is 9.60. The van der Waals surface area contributed by atoms with Crippen LogP contribution in [-0.4, -0.2) is 37.3 Å². The molecule has 1 aliphatic heterocycles. The van der Waals surface area contributed by atoms with Gasteiger partial charge in [-0.2, -0.15) is 0 Å². The van der Waals surface area contributed by atoms with Crippen LogP contribution in [0.3, 0.4) is 0 Å². The van der Waals surface area contributed by atoms with Gasteiger partial charge in [-0.3, -0.25) is 4.79 Å². The fraction of sp³-hybridized carbons (Fsp3) is 0.190. The molecule has 0 atom stereocenters. The molecule has 0 spiro atoms. The lowest BCUT2D eigenvalue weighted by molar-refractivity contribution is 0.0993. The van der Waals surface area contributed by atoms with E-state index in [1.165, 1.54) is 4.52 Å². The van der Waals surface area contributed by atoms with Gasteiger partial charge < -0.3 is 15.8 Å². The highest BCUT2D eigenvalue weighted by Crippen LogP contribution is 2.28. The summed E-state index contributed by atoms with van der Waals surface area (Å²) in [5.41, 5.74) is 9.84. The first-order valence-corrected chi connectivity index (χ1v) is 9.60. The van der Waals surface area contributed by atoms with E-state index in [9.17, 15) is 4.79 Å². The van der Waals surface area contributed by atoms with Gasteiger partial charge in [0.1, 0.15) is 11.5 Å². The molecule has 0 bridgehead atoms. The Hall–Kier alpha value is -3.85. The summed E-state index contributed by atoms with van der Waals surface area (Å²) in [6.07, 6.45) is 0.691. The number of nitrogens with one attached hydrogen (secondary N) is 1. The molecule has 0 unspecified atom stereocenters. The van der Waals surface area contributed by atoms with Gasteiger partial charge in [0.05, 0.1) is 24.4 Å². The number of ether oxygens (including phenoxy) is 1. The molecule has 9 heteroatoms. The Morgan fingerprint density at radius 2 is 2.00 bits per heavy atom. The summed E-state index contributed by atoms with van der Waals surface area (Å²) in [5, 5.41) is 11.7. The van der Waals surface area contributed by atoms with Crippen LogP contribution < -0.4 is 11.1 Å². The number of hydrogen-bond donors (Lipinski definition) is 2. The Morgan fingerprint density at radius 1 is 1.13 bits per heavy atom. The number of carbonyl (C=O) groups excluding carboxylic acids is 1. The second kappa shape index (κ2) is 7.53. The van der Waals surface area contributed by atoms with Crippen LogP contribution in [0.15, 0.2) is 48.5 Å². The van der Waals surface area contributed by atoms with Crippen molar-refractivity contribution >= 4 is 17.2 Å². The van der Waals surface area contributed by atoms with E-state index in [-0.39, 0.29) is 5.69 Å². The van der Waals surface area contributed by atoms with Crippen molar-refractivity contribution in [2.24, 2.45) is 5.73 Å². The van der Waals surface area contributed by atoms with Crippen molar-refractivity contribution in [1.82, 2.24) is 24.8 Å². The standard InChI is InChI=1S/C21H19N7O2/c22-19(29)17-8-4-7-16-18(26-27-28(16)17)21-24-15-9-10-30-12-14(15)20(25-21)23-11-13-5-2-1-3-6-13/h1-8H,9-12H2,(H2,22,29)(H,23,24,25). The Kier molecular flexibility index (Phi) is 4.56. The number of pyridine rings is 1. The Labute approximate surface area is 171 Å². The SMILES string of the molecule is NC(=O)c1cccc2c(-c3nc4c(c(NCc5ccccc5)n3)COCC4)nnn12. The van der Waals surface area contributed by atoms with Crippen molar-refractivity contribution < 1.29 is 9.53 Å². The molecule has 0 saturated heterocycles. The average Bonchev–Trinajstić information content (AvgIpc) is 3.22. The number of nitrogens with zero attached hydrogens (tertiary/aromatic N) is 5. The Morgan fingerprint density at radius 3 is 2.83 bits per heavy atom. The number of hydrogen-bond acceptors (Lipinski definition) is 7. The molecule has 5 rings (SSSR count). The molecule has 3 aromatic heterocycles. The quantitative estimate of drug-likeness (QED) is 0.524. The summed E-state index contributed by atoms with van der Waals surface area (Å²) in [7, 11) is 0. The molecule has 150 valence electrons. The first kappa shape index (κ1) is 18.2. The molecule has 0 radical (unpaired) electrons. The van der Waals surface area contributed by atoms with Crippen LogP contribution >= 0.6 is 0 Å². The van der Waals surface area contributed by atoms with E-state index in [0.29, 0.717) is 49.0 Å². The molecule has 0 fully saturated rings. The summed E-state index contributed by atoms with van der Waals surface area (Å²) >= 11 is 0. The van der Waals surface area contributed by atoms with E-state index >= 15 is 0 Å². The van der Waals surface area contributed by atoms with Gasteiger partial charge in [0.15, 0.2) is 11.5 Å². The highest BCUT2D eigenvalue weighted by atomic mass is 16.5. The van der Waals surface area contributed by atoms with Crippen LogP contribution in [0, 0.1) is 0 Å². The van der Waals surface area contributed by atoms with E-state index in [1.54, 1.807) is 12.1 Å². The third kappa shape index (κ3) is 3.25. The highest BCUT2D eigenvalue weighted by molar-refractivity contribution is 5.92. The van der Waals surface area contributed by atoms with Crippen molar-refractivity contribution in [3.05, 3.63) is 71.0 Å². The second-order valence-electron chi connectivity index (χ2n) is 6.97. The Balaban J connectivity index is 1.58. The summed E-state index contributed by atoms with van der Waals surface area (Å²) in [6, 6.07) is 15.2. The molecule has 3 N–H and O–H groups in total. The molecule has 4 aromatic rings. The number of anilines is 1. The minimum Gasteiger partial charge on any atom is -0.376 e. The van der Waals surface area contributed by atoms with Crippen LogP contribution in [0.1, 0.15) is 27.3 Å². The van der Waals surface area contributed by atoms with E-state index in [1.807, 2.05) is 24.3 Å². The number of aromatic nitrogens is 5. The van der Waals surface area contributed by atoms with E-state index in [4.69, 9.17) is 20.4 Å². The summed E-state index contributed by atoms with van der Waals surface area (Å²) in [4.78, 5) is 21.2. The fourth-order valence-electron chi connectivity index (χ4n) is 3.53. The summed E-state index contributed by atoms with van der Waals surface area (Å²) in [5.74, 6) is 0.583. The number of nitrogens with two attached hydrogens (primary N) is 1. The van der Waals surface area contributed by atoms with Crippen LogP contribution in [0.4, 0.5) is 5.82 Å². The molecule has 1 aliphatic rings. The van der Waals surface area contributed by atoms with E-state index < -0.39 is 5.91 Å². The number of amides is 1. The molecule has 1 amide bonds. The first-order chi connectivity index (χ1) is 14.7. The third-order valence-electron chi connectivity index (χ3n) is 5.03. The molecule has 0 saturated carbocycles. The van der Waals surface area contributed by atoms with Crippen molar-refractivity contribution in [3.63, 3.8) is 0 Å². The van der Waals surface area contributed by atoms with Gasteiger partial charge in [0, 0.05) is 18.5 Å². The van der Waals surface area contributed by atoms with E-state index in [0.717, 1.165) is 16.8 Å². The largest absolute Gasteiger partial charge is 0.376 e. The average molecular weight is 401 g/mol. The van der Waals surface area contributed by atoms with Crippen LogP contribution in [-0.2, 0) is 24.3 Å². The third-order valence-corrected chi connectivity index (χ3v) is 5.03.